The summed E-state index contributed by atoms with van der Waals surface area (Å²) in [5, 5.41) is 3.03. The number of fused-ring (bicyclic) bond motifs is 1. The quantitative estimate of drug-likeness (QED) is 0.866. The Labute approximate surface area is 155 Å². The average molecular weight is 373 g/mol. The Balaban J connectivity index is 0.00000144. The first-order chi connectivity index (χ1) is 10.6. The maximum atomic E-state index is 12.4. The third-order valence-electron chi connectivity index (χ3n) is 4.67. The van der Waals surface area contributed by atoms with Crippen LogP contribution >= 0.6 is 24.8 Å². The highest BCUT2D eigenvalue weighted by Gasteiger charge is 2.37. The predicted octanol–water partition coefficient (Wildman–Crippen LogP) is 2.74. The van der Waals surface area contributed by atoms with E-state index in [0.717, 1.165) is 43.4 Å². The van der Waals surface area contributed by atoms with E-state index in [4.69, 9.17) is 5.73 Å². The molecule has 2 aromatic heterocycles. The van der Waals surface area contributed by atoms with Crippen molar-refractivity contribution in [2.24, 2.45) is 11.7 Å². The Morgan fingerprint density at radius 1 is 1.42 bits per heavy atom. The Bertz CT molecular complexity index is 638. The highest BCUT2D eigenvalue weighted by molar-refractivity contribution is 5.85. The van der Waals surface area contributed by atoms with Crippen molar-refractivity contribution < 1.29 is 4.79 Å². The van der Waals surface area contributed by atoms with Crippen LogP contribution in [0.25, 0.3) is 5.65 Å². The smallest absolute Gasteiger partial charge is 0.224 e. The number of nitrogens with one attached hydrogen (secondary N) is 1. The van der Waals surface area contributed by atoms with Crippen molar-refractivity contribution in [1.82, 2.24) is 14.7 Å². The van der Waals surface area contributed by atoms with Crippen molar-refractivity contribution in [1.29, 1.82) is 0 Å². The molecule has 2 heterocycles. The Kier molecular flexibility index (Phi) is 7.52. The van der Waals surface area contributed by atoms with E-state index < -0.39 is 0 Å². The molecule has 1 aliphatic carbocycles. The molecule has 2 aromatic rings. The molecule has 1 aliphatic rings. The van der Waals surface area contributed by atoms with Gasteiger partial charge in [0.2, 0.25) is 5.91 Å². The molecule has 1 fully saturated rings. The van der Waals surface area contributed by atoms with Crippen LogP contribution in [-0.2, 0) is 11.2 Å². The van der Waals surface area contributed by atoms with E-state index in [9.17, 15) is 4.79 Å². The summed E-state index contributed by atoms with van der Waals surface area (Å²) >= 11 is 0. The van der Waals surface area contributed by atoms with Gasteiger partial charge in [0.25, 0.3) is 0 Å². The van der Waals surface area contributed by atoms with Gasteiger partial charge >= 0.3 is 0 Å². The second kappa shape index (κ2) is 8.70. The van der Waals surface area contributed by atoms with Gasteiger partial charge in [-0.1, -0.05) is 18.9 Å². The van der Waals surface area contributed by atoms with Crippen molar-refractivity contribution >= 4 is 36.4 Å². The number of aromatic nitrogens is 2. The van der Waals surface area contributed by atoms with E-state index in [1.807, 2.05) is 41.9 Å². The molecule has 0 bridgehead atoms. The standard InChI is InChI=1S/C17H24N4O.2ClH/c1-17(18)9-4-2-6-14(17)16(22)19-10-8-13-12-21-11-5-3-7-15(21)20-13;;/h3,5,7,11-12,14H,2,4,6,8-10,18H2,1H3,(H,19,22);2*1H. The van der Waals surface area contributed by atoms with E-state index in [-0.39, 0.29) is 42.2 Å². The third-order valence-corrected chi connectivity index (χ3v) is 4.67. The van der Waals surface area contributed by atoms with Crippen LogP contribution in [0.15, 0.2) is 30.6 Å². The molecule has 1 amide bonds. The summed E-state index contributed by atoms with van der Waals surface area (Å²) in [6, 6.07) is 5.93. The lowest BCUT2D eigenvalue weighted by Gasteiger charge is -2.37. The zero-order valence-corrected chi connectivity index (χ0v) is 15.5. The maximum Gasteiger partial charge on any atom is 0.224 e. The number of imidazole rings is 1. The molecule has 0 aliphatic heterocycles. The van der Waals surface area contributed by atoms with E-state index in [0.29, 0.717) is 6.54 Å². The van der Waals surface area contributed by atoms with Gasteiger partial charge in [-0.3, -0.25) is 4.79 Å². The number of carbonyl (C=O) groups excluding carboxylic acids is 1. The number of hydrogen-bond acceptors (Lipinski definition) is 3. The van der Waals surface area contributed by atoms with Crippen LogP contribution in [0.4, 0.5) is 0 Å². The Morgan fingerprint density at radius 3 is 2.92 bits per heavy atom. The summed E-state index contributed by atoms with van der Waals surface area (Å²) in [6.07, 6.45) is 8.77. The van der Waals surface area contributed by atoms with Crippen LogP contribution in [0.5, 0.6) is 0 Å². The minimum absolute atomic E-state index is 0. The number of halogens is 2. The number of rotatable bonds is 4. The van der Waals surface area contributed by atoms with E-state index in [1.54, 1.807) is 0 Å². The fourth-order valence-electron chi connectivity index (χ4n) is 3.33. The normalized spacial score (nSPS) is 23.2. The molecule has 2 atom stereocenters. The summed E-state index contributed by atoms with van der Waals surface area (Å²) in [5.41, 5.74) is 7.84. The van der Waals surface area contributed by atoms with Gasteiger partial charge in [0.1, 0.15) is 5.65 Å². The molecular formula is C17H26Cl2N4O. The van der Waals surface area contributed by atoms with E-state index >= 15 is 0 Å². The number of pyridine rings is 1. The monoisotopic (exact) mass is 372 g/mol. The molecular weight excluding hydrogens is 347 g/mol. The largest absolute Gasteiger partial charge is 0.355 e. The van der Waals surface area contributed by atoms with Crippen LogP contribution in [0, 0.1) is 5.92 Å². The van der Waals surface area contributed by atoms with Gasteiger partial charge < -0.3 is 15.5 Å². The molecule has 5 nitrogen and oxygen atoms in total. The first kappa shape index (κ1) is 20.7. The number of nitrogens with zero attached hydrogens (tertiary/aromatic N) is 2. The molecule has 24 heavy (non-hydrogen) atoms. The summed E-state index contributed by atoms with van der Waals surface area (Å²) in [5.74, 6) is 0.0239. The van der Waals surface area contributed by atoms with Crippen LogP contribution in [0.2, 0.25) is 0 Å². The average Bonchev–Trinajstić information content (AvgIpc) is 2.89. The zero-order chi connectivity index (χ0) is 15.6. The molecule has 134 valence electrons. The SMILES string of the molecule is CC1(N)CCCCC1C(=O)NCCc1cn2ccccc2n1.Cl.Cl. The topological polar surface area (TPSA) is 72.4 Å². The van der Waals surface area contributed by atoms with E-state index in [1.165, 1.54) is 0 Å². The van der Waals surface area contributed by atoms with Gasteiger partial charge in [0.15, 0.2) is 0 Å². The minimum Gasteiger partial charge on any atom is -0.355 e. The van der Waals surface area contributed by atoms with Crippen molar-refractivity contribution in [3.63, 3.8) is 0 Å². The van der Waals surface area contributed by atoms with Gasteiger partial charge in [-0.2, -0.15) is 0 Å². The van der Waals surface area contributed by atoms with Gasteiger partial charge in [-0.05, 0) is 31.9 Å². The Hall–Kier alpha value is -1.30. The number of amides is 1. The summed E-state index contributed by atoms with van der Waals surface area (Å²) in [4.78, 5) is 16.9. The van der Waals surface area contributed by atoms with Gasteiger partial charge in [-0.25, -0.2) is 4.98 Å². The Morgan fingerprint density at radius 2 is 2.21 bits per heavy atom. The fraction of sp³-hybridized carbons (Fsp3) is 0.529. The first-order valence-electron chi connectivity index (χ1n) is 8.05. The van der Waals surface area contributed by atoms with Gasteiger partial charge in [0.05, 0.1) is 11.6 Å². The van der Waals surface area contributed by atoms with Crippen LogP contribution in [-0.4, -0.2) is 27.4 Å². The van der Waals surface area contributed by atoms with Crippen LogP contribution < -0.4 is 11.1 Å². The molecule has 0 saturated heterocycles. The zero-order valence-electron chi connectivity index (χ0n) is 13.9. The molecule has 3 N–H and O–H groups in total. The number of nitrogens with two attached hydrogens (primary N) is 1. The molecule has 2 unspecified atom stereocenters. The lowest BCUT2D eigenvalue weighted by atomic mass is 9.74. The molecule has 1 saturated carbocycles. The molecule has 0 radical (unpaired) electrons. The summed E-state index contributed by atoms with van der Waals surface area (Å²) < 4.78 is 2.00. The second-order valence-electron chi connectivity index (χ2n) is 6.54. The van der Waals surface area contributed by atoms with Crippen molar-refractivity contribution in [2.45, 2.75) is 44.6 Å². The van der Waals surface area contributed by atoms with Crippen LogP contribution in [0.3, 0.4) is 0 Å². The summed E-state index contributed by atoms with van der Waals surface area (Å²) in [6.45, 7) is 2.60. The van der Waals surface area contributed by atoms with Crippen molar-refractivity contribution in [3.8, 4) is 0 Å². The van der Waals surface area contributed by atoms with Crippen molar-refractivity contribution in [3.05, 3.63) is 36.3 Å². The highest BCUT2D eigenvalue weighted by atomic mass is 35.5. The molecule has 7 heteroatoms. The first-order valence-corrected chi connectivity index (χ1v) is 8.05. The lowest BCUT2D eigenvalue weighted by molar-refractivity contribution is -0.128. The summed E-state index contributed by atoms with van der Waals surface area (Å²) in [7, 11) is 0. The molecule has 3 rings (SSSR count). The molecule has 0 aromatic carbocycles. The predicted molar refractivity (Wildman–Crippen MR) is 101 cm³/mol. The lowest BCUT2D eigenvalue weighted by Crippen LogP contribution is -2.53. The highest BCUT2D eigenvalue weighted by Crippen LogP contribution is 2.31. The van der Waals surface area contributed by atoms with Crippen molar-refractivity contribution in [2.75, 3.05) is 6.54 Å². The van der Waals surface area contributed by atoms with Gasteiger partial charge in [-0.15, -0.1) is 24.8 Å². The third kappa shape index (κ3) is 4.62. The van der Waals surface area contributed by atoms with Crippen LogP contribution in [0.1, 0.15) is 38.3 Å². The van der Waals surface area contributed by atoms with Gasteiger partial charge in [0, 0.05) is 30.9 Å². The maximum absolute atomic E-state index is 12.4. The number of carbonyl (C=O) groups is 1. The number of hydrogen-bond donors (Lipinski definition) is 2. The minimum atomic E-state index is -0.370. The fourth-order valence-corrected chi connectivity index (χ4v) is 3.33. The second-order valence-corrected chi connectivity index (χ2v) is 6.54. The van der Waals surface area contributed by atoms with E-state index in [2.05, 4.69) is 10.3 Å². The molecule has 0 spiro atoms.